The first kappa shape index (κ1) is 12.4. The molecule has 1 atom stereocenters. The summed E-state index contributed by atoms with van der Waals surface area (Å²) in [4.78, 5) is 17.9. The van der Waals surface area contributed by atoms with Crippen LogP contribution in [0.4, 0.5) is 5.82 Å². The van der Waals surface area contributed by atoms with Crippen molar-refractivity contribution in [2.75, 3.05) is 5.32 Å². The molecule has 4 N–H and O–H groups in total. The van der Waals surface area contributed by atoms with E-state index in [4.69, 9.17) is 5.73 Å². The molecule has 0 aliphatic carbocycles. The van der Waals surface area contributed by atoms with Crippen LogP contribution in [0, 0.1) is 3.57 Å². The highest BCUT2D eigenvalue weighted by molar-refractivity contribution is 14.1. The molecule has 0 aliphatic rings. The second kappa shape index (κ2) is 4.48. The SMILES string of the molecule is CC(N)C(C)(C)Nc1nc[nH]c(=O)c1I. The Balaban J connectivity index is 3.00. The number of aromatic nitrogens is 2. The Morgan fingerprint density at radius 2 is 2.27 bits per heavy atom. The molecule has 1 heterocycles. The van der Waals surface area contributed by atoms with Crippen LogP contribution in [0.25, 0.3) is 0 Å². The minimum Gasteiger partial charge on any atom is -0.363 e. The Kier molecular flexibility index (Phi) is 3.72. The number of anilines is 1. The van der Waals surface area contributed by atoms with E-state index in [0.717, 1.165) is 0 Å². The van der Waals surface area contributed by atoms with Crippen molar-refractivity contribution < 1.29 is 0 Å². The van der Waals surface area contributed by atoms with E-state index in [1.54, 1.807) is 0 Å². The number of rotatable bonds is 3. The lowest BCUT2D eigenvalue weighted by molar-refractivity contribution is 0.468. The topological polar surface area (TPSA) is 83.8 Å². The average molecular weight is 322 g/mol. The summed E-state index contributed by atoms with van der Waals surface area (Å²) in [6.45, 7) is 5.85. The normalized spacial score (nSPS) is 13.7. The van der Waals surface area contributed by atoms with Crippen molar-refractivity contribution in [3.63, 3.8) is 0 Å². The summed E-state index contributed by atoms with van der Waals surface area (Å²) in [5.74, 6) is 0.571. The number of aromatic amines is 1. The van der Waals surface area contributed by atoms with Gasteiger partial charge < -0.3 is 16.0 Å². The zero-order valence-corrected chi connectivity index (χ0v) is 11.1. The number of halogens is 1. The van der Waals surface area contributed by atoms with Crippen LogP contribution >= 0.6 is 22.6 Å². The third-order valence-electron chi connectivity index (χ3n) is 2.38. The van der Waals surface area contributed by atoms with E-state index in [2.05, 4.69) is 15.3 Å². The molecule has 0 bridgehead atoms. The second-order valence-electron chi connectivity index (χ2n) is 4.03. The molecular weight excluding hydrogens is 307 g/mol. The minimum atomic E-state index is -0.305. The molecule has 0 aromatic carbocycles. The average Bonchev–Trinajstić information content (AvgIpc) is 2.12. The summed E-state index contributed by atoms with van der Waals surface area (Å²) in [6.07, 6.45) is 1.38. The third kappa shape index (κ3) is 2.91. The lowest BCUT2D eigenvalue weighted by atomic mass is 9.97. The van der Waals surface area contributed by atoms with E-state index in [-0.39, 0.29) is 17.1 Å². The summed E-state index contributed by atoms with van der Waals surface area (Å²) >= 11 is 1.96. The monoisotopic (exact) mass is 322 g/mol. The van der Waals surface area contributed by atoms with Crippen molar-refractivity contribution in [3.8, 4) is 0 Å². The van der Waals surface area contributed by atoms with Gasteiger partial charge in [-0.2, -0.15) is 0 Å². The largest absolute Gasteiger partial charge is 0.363 e. The standard InChI is InChI=1S/C9H15IN4O/c1-5(11)9(2,3)14-7-6(10)8(15)13-4-12-7/h4-5H,11H2,1-3H3,(H2,12,13,14,15). The van der Waals surface area contributed by atoms with Crippen LogP contribution in [0.2, 0.25) is 0 Å². The Hall–Kier alpha value is -0.630. The van der Waals surface area contributed by atoms with E-state index in [1.165, 1.54) is 6.33 Å². The quantitative estimate of drug-likeness (QED) is 0.723. The van der Waals surface area contributed by atoms with Crippen LogP contribution in [0.15, 0.2) is 11.1 Å². The molecule has 1 aromatic heterocycles. The molecule has 0 aliphatic heterocycles. The number of nitrogens with one attached hydrogen (secondary N) is 2. The summed E-state index contributed by atoms with van der Waals surface area (Å²) < 4.78 is 0.545. The maximum Gasteiger partial charge on any atom is 0.266 e. The van der Waals surface area contributed by atoms with Gasteiger partial charge in [0.1, 0.15) is 9.39 Å². The highest BCUT2D eigenvalue weighted by atomic mass is 127. The smallest absolute Gasteiger partial charge is 0.266 e. The number of H-pyrrole nitrogens is 1. The Morgan fingerprint density at radius 3 is 2.80 bits per heavy atom. The van der Waals surface area contributed by atoms with Crippen molar-refractivity contribution in [3.05, 3.63) is 20.3 Å². The Bertz CT molecular complexity index is 399. The van der Waals surface area contributed by atoms with Gasteiger partial charge in [0.05, 0.1) is 6.33 Å². The third-order valence-corrected chi connectivity index (χ3v) is 3.38. The van der Waals surface area contributed by atoms with Gasteiger partial charge in [-0.1, -0.05) is 0 Å². The summed E-state index contributed by atoms with van der Waals surface area (Å²) in [5, 5.41) is 3.16. The summed E-state index contributed by atoms with van der Waals surface area (Å²) in [6, 6.07) is -0.0469. The summed E-state index contributed by atoms with van der Waals surface area (Å²) in [5.41, 5.74) is 5.38. The fourth-order valence-corrected chi connectivity index (χ4v) is 1.32. The van der Waals surface area contributed by atoms with Crippen LogP contribution in [0.1, 0.15) is 20.8 Å². The fraction of sp³-hybridized carbons (Fsp3) is 0.556. The van der Waals surface area contributed by atoms with Crippen LogP contribution in [-0.4, -0.2) is 21.5 Å². The maximum absolute atomic E-state index is 11.3. The van der Waals surface area contributed by atoms with E-state index in [1.807, 2.05) is 43.4 Å². The van der Waals surface area contributed by atoms with Gasteiger partial charge >= 0.3 is 0 Å². The van der Waals surface area contributed by atoms with E-state index in [0.29, 0.717) is 9.39 Å². The zero-order valence-electron chi connectivity index (χ0n) is 8.97. The van der Waals surface area contributed by atoms with Gasteiger partial charge in [0.2, 0.25) is 0 Å². The number of hydrogen-bond donors (Lipinski definition) is 3. The van der Waals surface area contributed by atoms with E-state index < -0.39 is 0 Å². The van der Waals surface area contributed by atoms with Gasteiger partial charge in [-0.25, -0.2) is 4.98 Å². The molecular formula is C9H15IN4O. The van der Waals surface area contributed by atoms with Gasteiger partial charge in [0.25, 0.3) is 5.56 Å². The summed E-state index contributed by atoms with van der Waals surface area (Å²) in [7, 11) is 0. The molecule has 1 rings (SSSR count). The van der Waals surface area contributed by atoms with Crippen LogP contribution < -0.4 is 16.6 Å². The molecule has 0 saturated heterocycles. The highest BCUT2D eigenvalue weighted by Crippen LogP contribution is 2.17. The van der Waals surface area contributed by atoms with Crippen molar-refractivity contribution in [2.24, 2.45) is 5.73 Å². The predicted molar refractivity (Wildman–Crippen MR) is 68.9 cm³/mol. The maximum atomic E-state index is 11.3. The molecule has 5 nitrogen and oxygen atoms in total. The van der Waals surface area contributed by atoms with Crippen molar-refractivity contribution in [2.45, 2.75) is 32.4 Å². The molecule has 0 amide bonds. The first-order valence-electron chi connectivity index (χ1n) is 4.61. The molecule has 0 spiro atoms. The molecule has 0 saturated carbocycles. The molecule has 15 heavy (non-hydrogen) atoms. The van der Waals surface area contributed by atoms with E-state index in [9.17, 15) is 4.79 Å². The van der Waals surface area contributed by atoms with Crippen molar-refractivity contribution in [1.82, 2.24) is 9.97 Å². The molecule has 84 valence electrons. The van der Waals surface area contributed by atoms with Crippen LogP contribution in [0.5, 0.6) is 0 Å². The van der Waals surface area contributed by atoms with Gasteiger partial charge in [-0.15, -0.1) is 0 Å². The number of hydrogen-bond acceptors (Lipinski definition) is 4. The number of nitrogens with zero attached hydrogens (tertiary/aromatic N) is 1. The molecule has 1 aromatic rings. The van der Waals surface area contributed by atoms with Gasteiger partial charge in [-0.3, -0.25) is 4.79 Å². The lowest BCUT2D eigenvalue weighted by Gasteiger charge is -2.31. The number of nitrogens with two attached hydrogens (primary N) is 1. The first-order valence-corrected chi connectivity index (χ1v) is 5.69. The van der Waals surface area contributed by atoms with Gasteiger partial charge in [-0.05, 0) is 43.4 Å². The fourth-order valence-electron chi connectivity index (χ4n) is 0.889. The van der Waals surface area contributed by atoms with Crippen molar-refractivity contribution in [1.29, 1.82) is 0 Å². The van der Waals surface area contributed by atoms with Crippen molar-refractivity contribution >= 4 is 28.4 Å². The van der Waals surface area contributed by atoms with E-state index >= 15 is 0 Å². The minimum absolute atomic E-state index is 0.0469. The second-order valence-corrected chi connectivity index (χ2v) is 5.11. The molecule has 6 heteroatoms. The highest BCUT2D eigenvalue weighted by Gasteiger charge is 2.24. The van der Waals surface area contributed by atoms with Crippen LogP contribution in [-0.2, 0) is 0 Å². The Morgan fingerprint density at radius 1 is 1.67 bits per heavy atom. The predicted octanol–water partition coefficient (Wildman–Crippen LogP) is 0.912. The molecule has 0 radical (unpaired) electrons. The Labute approximate surface area is 102 Å². The van der Waals surface area contributed by atoms with Gasteiger partial charge in [0.15, 0.2) is 0 Å². The van der Waals surface area contributed by atoms with Gasteiger partial charge in [0, 0.05) is 11.6 Å². The molecule has 0 fully saturated rings. The molecule has 1 unspecified atom stereocenters. The van der Waals surface area contributed by atoms with Crippen LogP contribution in [0.3, 0.4) is 0 Å². The zero-order chi connectivity index (χ0) is 11.6. The lowest BCUT2D eigenvalue weighted by Crippen LogP contribution is -2.47. The first-order chi connectivity index (χ1) is 6.84.